The number of nitrogens with one attached hydrogen (secondary N) is 2. The smallest absolute Gasteiger partial charge is 0.264 e. The standard InChI is InChI=1S/C28H33N3O4S/c1-5-21(4)29-28(33)25-9-7-8-10-26(25)30-27(32)19-31(23-15-13-22(6-2)14-16-23)36(34,35)24-17-11-20(3)12-18-24/h7-18,21H,5-6,19H2,1-4H3,(H,29,33)(H,30,32). The highest BCUT2D eigenvalue weighted by atomic mass is 32.2. The van der Waals surface area contributed by atoms with Crippen LogP contribution < -0.4 is 14.9 Å². The number of carbonyl (C=O) groups excluding carboxylic acids is 2. The van der Waals surface area contributed by atoms with Crippen LogP contribution in [0, 0.1) is 6.92 Å². The molecule has 0 heterocycles. The van der Waals surface area contributed by atoms with Crippen molar-refractivity contribution >= 4 is 33.2 Å². The Bertz CT molecular complexity index is 1300. The van der Waals surface area contributed by atoms with Crippen LogP contribution in [0.1, 0.15) is 48.7 Å². The molecule has 0 aliphatic heterocycles. The van der Waals surface area contributed by atoms with Crippen LogP contribution in [0.3, 0.4) is 0 Å². The summed E-state index contributed by atoms with van der Waals surface area (Å²) < 4.78 is 28.3. The molecule has 3 aromatic rings. The van der Waals surface area contributed by atoms with Crippen molar-refractivity contribution in [2.75, 3.05) is 16.2 Å². The van der Waals surface area contributed by atoms with Gasteiger partial charge in [-0.1, -0.05) is 55.8 Å². The highest BCUT2D eigenvalue weighted by Crippen LogP contribution is 2.25. The van der Waals surface area contributed by atoms with Crippen molar-refractivity contribution in [2.45, 2.75) is 51.5 Å². The quantitative estimate of drug-likeness (QED) is 0.407. The summed E-state index contributed by atoms with van der Waals surface area (Å²) in [6, 6.07) is 20.2. The third kappa shape index (κ3) is 6.51. The Labute approximate surface area is 213 Å². The first-order valence-corrected chi connectivity index (χ1v) is 13.5. The monoisotopic (exact) mass is 507 g/mol. The first-order chi connectivity index (χ1) is 17.1. The molecule has 1 unspecified atom stereocenters. The lowest BCUT2D eigenvalue weighted by Crippen LogP contribution is -2.38. The van der Waals surface area contributed by atoms with Crippen molar-refractivity contribution in [2.24, 2.45) is 0 Å². The van der Waals surface area contributed by atoms with Gasteiger partial charge in [-0.2, -0.15) is 0 Å². The van der Waals surface area contributed by atoms with Crippen molar-refractivity contribution in [3.8, 4) is 0 Å². The van der Waals surface area contributed by atoms with Gasteiger partial charge < -0.3 is 10.6 Å². The Kier molecular flexibility index (Phi) is 8.88. The number of aryl methyl sites for hydroxylation is 2. The topological polar surface area (TPSA) is 95.6 Å². The van der Waals surface area contributed by atoms with Crippen LogP contribution >= 0.6 is 0 Å². The number of para-hydroxylation sites is 1. The fourth-order valence-electron chi connectivity index (χ4n) is 3.56. The molecule has 3 aromatic carbocycles. The Hall–Kier alpha value is -3.65. The number of anilines is 2. The van der Waals surface area contributed by atoms with Gasteiger partial charge in [0.2, 0.25) is 5.91 Å². The normalized spacial score (nSPS) is 12.0. The number of carbonyl (C=O) groups is 2. The molecule has 7 nitrogen and oxygen atoms in total. The van der Waals surface area contributed by atoms with Crippen molar-refractivity contribution < 1.29 is 18.0 Å². The fourth-order valence-corrected chi connectivity index (χ4v) is 4.99. The number of hydrogen-bond donors (Lipinski definition) is 2. The second kappa shape index (κ2) is 11.9. The van der Waals surface area contributed by atoms with Gasteiger partial charge in [-0.15, -0.1) is 0 Å². The number of nitrogens with zero attached hydrogens (tertiary/aromatic N) is 1. The maximum Gasteiger partial charge on any atom is 0.264 e. The van der Waals surface area contributed by atoms with E-state index in [-0.39, 0.29) is 16.8 Å². The van der Waals surface area contributed by atoms with Crippen molar-refractivity contribution in [3.63, 3.8) is 0 Å². The van der Waals surface area contributed by atoms with E-state index >= 15 is 0 Å². The predicted molar refractivity (Wildman–Crippen MR) is 144 cm³/mol. The third-order valence-corrected chi connectivity index (χ3v) is 7.75. The van der Waals surface area contributed by atoms with Crippen LogP contribution in [0.5, 0.6) is 0 Å². The van der Waals surface area contributed by atoms with Crippen molar-refractivity contribution in [1.29, 1.82) is 0 Å². The number of hydrogen-bond acceptors (Lipinski definition) is 4. The summed E-state index contributed by atoms with van der Waals surface area (Å²) in [4.78, 5) is 26.0. The summed E-state index contributed by atoms with van der Waals surface area (Å²) in [6.07, 6.45) is 1.57. The van der Waals surface area contributed by atoms with Gasteiger partial charge in [0.1, 0.15) is 6.54 Å². The van der Waals surface area contributed by atoms with Gasteiger partial charge >= 0.3 is 0 Å². The highest BCUT2D eigenvalue weighted by molar-refractivity contribution is 7.92. The van der Waals surface area contributed by atoms with Crippen LogP contribution in [0.2, 0.25) is 0 Å². The van der Waals surface area contributed by atoms with E-state index in [4.69, 9.17) is 0 Å². The first kappa shape index (κ1) is 26.9. The molecule has 0 aliphatic carbocycles. The first-order valence-electron chi connectivity index (χ1n) is 12.0. The molecule has 0 saturated heterocycles. The maximum atomic E-state index is 13.6. The molecule has 8 heteroatoms. The summed E-state index contributed by atoms with van der Waals surface area (Å²) in [5.74, 6) is -0.867. The summed E-state index contributed by atoms with van der Waals surface area (Å²) in [5.41, 5.74) is 2.99. The summed E-state index contributed by atoms with van der Waals surface area (Å²) in [5, 5.41) is 5.62. The van der Waals surface area contributed by atoms with E-state index in [1.54, 1.807) is 48.5 Å². The average molecular weight is 508 g/mol. The second-order valence-electron chi connectivity index (χ2n) is 8.72. The fraction of sp³-hybridized carbons (Fsp3) is 0.286. The molecule has 0 fully saturated rings. The summed E-state index contributed by atoms with van der Waals surface area (Å²) in [6.45, 7) is 7.30. The molecule has 0 saturated carbocycles. The molecule has 36 heavy (non-hydrogen) atoms. The zero-order chi connectivity index (χ0) is 26.3. The minimum Gasteiger partial charge on any atom is -0.350 e. The minimum atomic E-state index is -4.03. The van der Waals surface area contributed by atoms with Crippen LogP contribution in [0.15, 0.2) is 77.7 Å². The van der Waals surface area contributed by atoms with Crippen LogP contribution in [-0.4, -0.2) is 32.8 Å². The van der Waals surface area contributed by atoms with Crippen molar-refractivity contribution in [1.82, 2.24) is 5.32 Å². The molecule has 2 N–H and O–H groups in total. The number of amides is 2. The molecular formula is C28H33N3O4S. The average Bonchev–Trinajstić information content (AvgIpc) is 2.87. The van der Waals surface area contributed by atoms with Gasteiger partial charge in [0.05, 0.1) is 21.8 Å². The maximum absolute atomic E-state index is 13.6. The van der Waals surface area contributed by atoms with E-state index in [1.807, 2.05) is 39.8 Å². The lowest BCUT2D eigenvalue weighted by Gasteiger charge is -2.24. The minimum absolute atomic E-state index is 0.0255. The molecule has 0 aromatic heterocycles. The lowest BCUT2D eigenvalue weighted by molar-refractivity contribution is -0.114. The zero-order valence-corrected chi connectivity index (χ0v) is 21.9. The molecular weight excluding hydrogens is 474 g/mol. The highest BCUT2D eigenvalue weighted by Gasteiger charge is 2.27. The molecule has 0 spiro atoms. The van der Waals surface area contributed by atoms with Gasteiger partial charge in [-0.25, -0.2) is 8.42 Å². The van der Waals surface area contributed by atoms with Crippen LogP contribution in [-0.2, 0) is 21.2 Å². The Morgan fingerprint density at radius 2 is 1.56 bits per heavy atom. The molecule has 3 rings (SSSR count). The van der Waals surface area contributed by atoms with Gasteiger partial charge in [-0.05, 0) is 68.7 Å². The third-order valence-electron chi connectivity index (χ3n) is 5.96. The number of rotatable bonds is 10. The SMILES string of the molecule is CCc1ccc(N(CC(=O)Nc2ccccc2C(=O)NC(C)CC)S(=O)(=O)c2ccc(C)cc2)cc1. The Balaban J connectivity index is 1.91. The molecule has 0 radical (unpaired) electrons. The second-order valence-corrected chi connectivity index (χ2v) is 10.6. The van der Waals surface area contributed by atoms with Gasteiger partial charge in [0.15, 0.2) is 0 Å². The molecule has 0 aliphatic rings. The van der Waals surface area contributed by atoms with Gasteiger partial charge in [0, 0.05) is 6.04 Å². The molecule has 1 atom stereocenters. The molecule has 2 amide bonds. The molecule has 190 valence electrons. The van der Waals surface area contributed by atoms with Crippen LogP contribution in [0.25, 0.3) is 0 Å². The summed E-state index contributed by atoms with van der Waals surface area (Å²) in [7, 11) is -4.03. The zero-order valence-electron chi connectivity index (χ0n) is 21.1. The van der Waals surface area contributed by atoms with Gasteiger partial charge in [-0.3, -0.25) is 13.9 Å². The lowest BCUT2D eigenvalue weighted by atomic mass is 10.1. The van der Waals surface area contributed by atoms with E-state index in [2.05, 4.69) is 10.6 Å². The van der Waals surface area contributed by atoms with Gasteiger partial charge in [0.25, 0.3) is 15.9 Å². The van der Waals surface area contributed by atoms with E-state index in [1.165, 1.54) is 12.1 Å². The van der Waals surface area contributed by atoms with E-state index in [0.29, 0.717) is 16.9 Å². The Morgan fingerprint density at radius 1 is 0.917 bits per heavy atom. The Morgan fingerprint density at radius 3 is 2.17 bits per heavy atom. The predicted octanol–water partition coefficient (Wildman–Crippen LogP) is 4.92. The van der Waals surface area contributed by atoms with E-state index < -0.39 is 22.5 Å². The van der Waals surface area contributed by atoms with Crippen molar-refractivity contribution in [3.05, 3.63) is 89.5 Å². The van der Waals surface area contributed by atoms with E-state index in [9.17, 15) is 18.0 Å². The largest absolute Gasteiger partial charge is 0.350 e. The van der Waals surface area contributed by atoms with E-state index in [0.717, 1.165) is 28.3 Å². The summed E-state index contributed by atoms with van der Waals surface area (Å²) >= 11 is 0. The number of benzene rings is 3. The molecule has 0 bridgehead atoms. The number of sulfonamides is 1. The van der Waals surface area contributed by atoms with Crippen LogP contribution in [0.4, 0.5) is 11.4 Å².